The van der Waals surface area contributed by atoms with Gasteiger partial charge in [0.2, 0.25) is 5.60 Å². The van der Waals surface area contributed by atoms with Crippen LogP contribution in [0.25, 0.3) is 6.08 Å². The van der Waals surface area contributed by atoms with Crippen LogP contribution in [0.4, 0.5) is 18.9 Å². The second kappa shape index (κ2) is 6.46. The summed E-state index contributed by atoms with van der Waals surface area (Å²) in [6.07, 6.45) is -2.77. The Bertz CT molecular complexity index is 680. The van der Waals surface area contributed by atoms with Crippen LogP contribution in [-0.4, -0.2) is 25.4 Å². The van der Waals surface area contributed by atoms with E-state index >= 15 is 0 Å². The number of aliphatic hydroxyl groups is 1. The van der Waals surface area contributed by atoms with Crippen LogP contribution in [0, 0.1) is 0 Å². The molecule has 0 aromatic heterocycles. The van der Waals surface area contributed by atoms with Crippen molar-refractivity contribution in [2.45, 2.75) is 11.8 Å². The summed E-state index contributed by atoms with van der Waals surface area (Å²) in [5, 5.41) is 10.4. The summed E-state index contributed by atoms with van der Waals surface area (Å²) < 4.78 is 40.5. The van der Waals surface area contributed by atoms with E-state index in [0.29, 0.717) is 11.3 Å². The number of benzene rings is 2. The first kappa shape index (κ1) is 17.1. The maximum Gasteiger partial charge on any atom is 0.425 e. The minimum absolute atomic E-state index is 0.219. The van der Waals surface area contributed by atoms with Gasteiger partial charge in [0.1, 0.15) is 0 Å². The monoisotopic (exact) mass is 321 g/mol. The van der Waals surface area contributed by atoms with Gasteiger partial charge in [0, 0.05) is 19.8 Å². The van der Waals surface area contributed by atoms with Crippen molar-refractivity contribution >= 4 is 11.8 Å². The van der Waals surface area contributed by atoms with Crippen LogP contribution in [0.15, 0.2) is 60.7 Å². The molecule has 0 radical (unpaired) electrons. The van der Waals surface area contributed by atoms with Gasteiger partial charge in [-0.1, -0.05) is 48.5 Å². The highest BCUT2D eigenvalue weighted by atomic mass is 19.4. The van der Waals surface area contributed by atoms with Gasteiger partial charge in [-0.15, -0.1) is 0 Å². The molecule has 2 nitrogen and oxygen atoms in total. The van der Waals surface area contributed by atoms with Crippen LogP contribution in [0.5, 0.6) is 0 Å². The van der Waals surface area contributed by atoms with Gasteiger partial charge in [0.05, 0.1) is 0 Å². The maximum absolute atomic E-state index is 13.5. The third-order valence-electron chi connectivity index (χ3n) is 3.55. The fraction of sp³-hybridized carbons (Fsp3) is 0.222. The maximum atomic E-state index is 13.5. The van der Waals surface area contributed by atoms with Gasteiger partial charge >= 0.3 is 6.18 Å². The highest BCUT2D eigenvalue weighted by Gasteiger charge is 2.53. The Morgan fingerprint density at radius 2 is 1.61 bits per heavy atom. The first-order chi connectivity index (χ1) is 10.7. The average molecular weight is 321 g/mol. The minimum Gasteiger partial charge on any atom is -0.378 e. The van der Waals surface area contributed by atoms with Crippen LogP contribution in [0.3, 0.4) is 0 Å². The highest BCUT2D eigenvalue weighted by molar-refractivity contribution is 5.54. The summed E-state index contributed by atoms with van der Waals surface area (Å²) >= 11 is 0. The number of anilines is 1. The van der Waals surface area contributed by atoms with Crippen molar-refractivity contribution in [1.29, 1.82) is 0 Å². The molecular formula is C18H18F3NO. The summed E-state index contributed by atoms with van der Waals surface area (Å²) in [4.78, 5) is 1.68. The molecule has 122 valence electrons. The standard InChI is InChI=1S/C18H18F3NO/c1-22(2)16-10-6-9-15(13-16)17(23,18(19,20)21)12-11-14-7-4-3-5-8-14/h3-13,23H,1-2H3. The summed E-state index contributed by atoms with van der Waals surface area (Å²) in [7, 11) is 3.46. The summed E-state index contributed by atoms with van der Waals surface area (Å²) in [6.45, 7) is 0. The van der Waals surface area contributed by atoms with Crippen LogP contribution < -0.4 is 4.90 Å². The van der Waals surface area contributed by atoms with Crippen molar-refractivity contribution in [3.8, 4) is 0 Å². The lowest BCUT2D eigenvalue weighted by Gasteiger charge is -2.29. The van der Waals surface area contributed by atoms with E-state index in [1.807, 2.05) is 0 Å². The molecule has 0 aliphatic rings. The Morgan fingerprint density at radius 1 is 0.957 bits per heavy atom. The zero-order valence-corrected chi connectivity index (χ0v) is 12.9. The van der Waals surface area contributed by atoms with Crippen LogP contribution >= 0.6 is 0 Å². The van der Waals surface area contributed by atoms with E-state index in [-0.39, 0.29) is 5.56 Å². The predicted molar refractivity (Wildman–Crippen MR) is 86.2 cm³/mol. The van der Waals surface area contributed by atoms with E-state index in [2.05, 4.69) is 0 Å². The molecule has 23 heavy (non-hydrogen) atoms. The van der Waals surface area contributed by atoms with E-state index in [9.17, 15) is 18.3 Å². The fourth-order valence-corrected chi connectivity index (χ4v) is 2.16. The topological polar surface area (TPSA) is 23.5 Å². The number of halogens is 3. The minimum atomic E-state index is -4.83. The molecule has 0 heterocycles. The van der Waals surface area contributed by atoms with E-state index in [1.54, 1.807) is 55.4 Å². The summed E-state index contributed by atoms with van der Waals surface area (Å²) in [5.74, 6) is 0. The van der Waals surface area contributed by atoms with Gasteiger partial charge in [-0.2, -0.15) is 13.2 Å². The number of hydrogen-bond donors (Lipinski definition) is 1. The molecule has 1 atom stereocenters. The van der Waals surface area contributed by atoms with E-state index in [4.69, 9.17) is 0 Å². The Kier molecular flexibility index (Phi) is 4.80. The van der Waals surface area contributed by atoms with Crippen molar-refractivity contribution in [3.05, 3.63) is 71.8 Å². The summed E-state index contributed by atoms with van der Waals surface area (Å²) in [6, 6.07) is 14.3. The lowest BCUT2D eigenvalue weighted by Crippen LogP contribution is -2.40. The molecule has 0 saturated carbocycles. The Balaban J connectivity index is 2.48. The van der Waals surface area contributed by atoms with Crippen LogP contribution in [-0.2, 0) is 5.60 Å². The third-order valence-corrected chi connectivity index (χ3v) is 3.55. The Morgan fingerprint density at radius 3 is 2.17 bits per heavy atom. The first-order valence-corrected chi connectivity index (χ1v) is 7.05. The molecule has 0 amide bonds. The second-order valence-corrected chi connectivity index (χ2v) is 5.45. The van der Waals surface area contributed by atoms with E-state index in [1.165, 1.54) is 24.3 Å². The van der Waals surface area contributed by atoms with Gasteiger partial charge < -0.3 is 10.0 Å². The molecule has 1 unspecified atom stereocenters. The van der Waals surface area contributed by atoms with Crippen LogP contribution in [0.2, 0.25) is 0 Å². The lowest BCUT2D eigenvalue weighted by molar-refractivity contribution is -0.244. The Labute approximate surface area is 133 Å². The smallest absolute Gasteiger partial charge is 0.378 e. The number of alkyl halides is 3. The fourth-order valence-electron chi connectivity index (χ4n) is 2.16. The number of hydrogen-bond acceptors (Lipinski definition) is 2. The van der Waals surface area contributed by atoms with Crippen molar-refractivity contribution in [2.75, 3.05) is 19.0 Å². The van der Waals surface area contributed by atoms with Crippen molar-refractivity contribution < 1.29 is 18.3 Å². The number of nitrogens with zero attached hydrogens (tertiary/aromatic N) is 1. The molecule has 1 N–H and O–H groups in total. The highest BCUT2D eigenvalue weighted by Crippen LogP contribution is 2.41. The predicted octanol–water partition coefficient (Wildman–Crippen LogP) is 4.22. The molecule has 5 heteroatoms. The molecule has 0 fully saturated rings. The normalized spacial score (nSPS) is 14.7. The zero-order valence-electron chi connectivity index (χ0n) is 12.9. The molecule has 0 bridgehead atoms. The van der Waals surface area contributed by atoms with Crippen molar-refractivity contribution in [1.82, 2.24) is 0 Å². The Hall–Kier alpha value is -2.27. The SMILES string of the molecule is CN(C)c1cccc(C(O)(C=Cc2ccccc2)C(F)(F)F)c1. The molecule has 0 aliphatic heterocycles. The van der Waals surface area contributed by atoms with Gasteiger partial charge in [0.15, 0.2) is 0 Å². The average Bonchev–Trinajstić information content (AvgIpc) is 2.52. The molecule has 0 saturated heterocycles. The molecule has 0 spiro atoms. The van der Waals surface area contributed by atoms with Gasteiger partial charge in [-0.25, -0.2) is 0 Å². The van der Waals surface area contributed by atoms with E-state index in [0.717, 1.165) is 6.08 Å². The molecule has 0 aliphatic carbocycles. The zero-order chi connectivity index (χ0) is 17.1. The largest absolute Gasteiger partial charge is 0.425 e. The van der Waals surface area contributed by atoms with Gasteiger partial charge in [-0.3, -0.25) is 0 Å². The second-order valence-electron chi connectivity index (χ2n) is 5.45. The lowest BCUT2D eigenvalue weighted by atomic mass is 9.91. The van der Waals surface area contributed by atoms with Gasteiger partial charge in [0.25, 0.3) is 0 Å². The molecule has 2 aromatic carbocycles. The quantitative estimate of drug-likeness (QED) is 0.911. The van der Waals surface area contributed by atoms with Crippen molar-refractivity contribution in [3.63, 3.8) is 0 Å². The van der Waals surface area contributed by atoms with E-state index < -0.39 is 11.8 Å². The third kappa shape index (κ3) is 3.74. The van der Waals surface area contributed by atoms with Crippen molar-refractivity contribution in [2.24, 2.45) is 0 Å². The first-order valence-electron chi connectivity index (χ1n) is 7.05. The van der Waals surface area contributed by atoms with Crippen LogP contribution in [0.1, 0.15) is 11.1 Å². The molecular weight excluding hydrogens is 303 g/mol. The van der Waals surface area contributed by atoms with Gasteiger partial charge in [-0.05, 0) is 29.3 Å². The molecule has 2 rings (SSSR count). The summed E-state index contributed by atoms with van der Waals surface area (Å²) in [5.41, 5.74) is -2.10. The molecule has 2 aromatic rings. The number of rotatable bonds is 4.